The molecule has 0 unspecified atom stereocenters. The first kappa shape index (κ1) is 14.0. The van der Waals surface area contributed by atoms with E-state index in [0.717, 1.165) is 19.7 Å². The molecule has 0 aliphatic heterocycles. The van der Waals surface area contributed by atoms with Crippen LogP contribution in [0.3, 0.4) is 0 Å². The van der Waals surface area contributed by atoms with Crippen LogP contribution in [-0.2, 0) is 10.2 Å². The van der Waals surface area contributed by atoms with Gasteiger partial charge in [-0.3, -0.25) is 4.98 Å². The molecule has 0 aromatic carbocycles. The molecule has 3 heteroatoms. The minimum Gasteiger partial charge on any atom is -0.383 e. The summed E-state index contributed by atoms with van der Waals surface area (Å²) >= 11 is 0. The maximum atomic E-state index is 5.13. The first-order valence-electron chi connectivity index (χ1n) is 7.89. The van der Waals surface area contributed by atoms with Crippen molar-refractivity contribution in [3.05, 3.63) is 30.1 Å². The number of aromatic nitrogens is 1. The molecule has 2 saturated carbocycles. The van der Waals surface area contributed by atoms with Crippen LogP contribution >= 0.6 is 0 Å². The van der Waals surface area contributed by atoms with Crippen molar-refractivity contribution >= 4 is 0 Å². The van der Waals surface area contributed by atoms with Crippen LogP contribution in [0.1, 0.15) is 44.1 Å². The SMILES string of the molecule is COCCNCC1(c2ccncc2)CC2(CCCC2)C1. The lowest BCUT2D eigenvalue weighted by atomic mass is 9.49. The molecular weight excluding hydrogens is 248 g/mol. The molecule has 110 valence electrons. The predicted molar refractivity (Wildman–Crippen MR) is 80.8 cm³/mol. The van der Waals surface area contributed by atoms with Crippen LogP contribution in [-0.4, -0.2) is 31.8 Å². The molecule has 2 aliphatic carbocycles. The van der Waals surface area contributed by atoms with Crippen molar-refractivity contribution in [2.24, 2.45) is 5.41 Å². The molecule has 3 nitrogen and oxygen atoms in total. The summed E-state index contributed by atoms with van der Waals surface area (Å²) in [6.45, 7) is 2.80. The van der Waals surface area contributed by atoms with Crippen LogP contribution < -0.4 is 5.32 Å². The fraction of sp³-hybridized carbons (Fsp3) is 0.706. The molecule has 1 spiro atoms. The summed E-state index contributed by atoms with van der Waals surface area (Å²) in [6.07, 6.45) is 12.3. The van der Waals surface area contributed by atoms with Gasteiger partial charge >= 0.3 is 0 Å². The van der Waals surface area contributed by atoms with Crippen molar-refractivity contribution < 1.29 is 4.74 Å². The molecule has 0 amide bonds. The Kier molecular flexibility index (Phi) is 4.08. The van der Waals surface area contributed by atoms with E-state index < -0.39 is 0 Å². The highest BCUT2D eigenvalue weighted by atomic mass is 16.5. The van der Waals surface area contributed by atoms with Crippen molar-refractivity contribution in [1.82, 2.24) is 10.3 Å². The molecule has 0 bridgehead atoms. The van der Waals surface area contributed by atoms with Gasteiger partial charge in [-0.1, -0.05) is 12.8 Å². The number of nitrogens with one attached hydrogen (secondary N) is 1. The zero-order valence-electron chi connectivity index (χ0n) is 12.5. The fourth-order valence-corrected chi connectivity index (χ4v) is 4.50. The number of methoxy groups -OCH3 is 1. The van der Waals surface area contributed by atoms with Crippen molar-refractivity contribution in [1.29, 1.82) is 0 Å². The van der Waals surface area contributed by atoms with Crippen molar-refractivity contribution in [3.8, 4) is 0 Å². The minimum absolute atomic E-state index is 0.334. The van der Waals surface area contributed by atoms with Gasteiger partial charge < -0.3 is 10.1 Å². The Hall–Kier alpha value is -0.930. The molecule has 2 fully saturated rings. The van der Waals surface area contributed by atoms with Crippen molar-refractivity contribution in [2.75, 3.05) is 26.8 Å². The standard InChI is InChI=1S/C17H26N2O/c1-20-11-10-19-14-17(15-4-8-18-9-5-15)12-16(13-17)6-2-3-7-16/h4-5,8-9,19H,2-3,6-7,10-14H2,1H3. The van der Waals surface area contributed by atoms with Gasteiger partial charge in [-0.05, 0) is 48.8 Å². The highest BCUT2D eigenvalue weighted by Gasteiger charge is 2.55. The van der Waals surface area contributed by atoms with Crippen LogP contribution in [0.15, 0.2) is 24.5 Å². The molecule has 1 aromatic rings. The largest absolute Gasteiger partial charge is 0.383 e. The van der Waals surface area contributed by atoms with E-state index in [1.165, 1.54) is 44.1 Å². The first-order chi connectivity index (χ1) is 9.79. The average molecular weight is 274 g/mol. The Labute approximate surface area is 122 Å². The molecule has 0 atom stereocenters. The van der Waals surface area contributed by atoms with E-state index in [-0.39, 0.29) is 0 Å². The zero-order chi connectivity index (χ0) is 13.9. The second-order valence-electron chi connectivity index (χ2n) is 6.75. The topological polar surface area (TPSA) is 34.1 Å². The Morgan fingerprint density at radius 3 is 2.55 bits per heavy atom. The number of nitrogens with zero attached hydrogens (tertiary/aromatic N) is 1. The van der Waals surface area contributed by atoms with E-state index in [0.29, 0.717) is 10.8 Å². The van der Waals surface area contributed by atoms with Gasteiger partial charge in [0.05, 0.1) is 6.61 Å². The van der Waals surface area contributed by atoms with Crippen LogP contribution in [0.2, 0.25) is 0 Å². The maximum absolute atomic E-state index is 5.13. The van der Waals surface area contributed by atoms with Crippen molar-refractivity contribution in [2.45, 2.75) is 43.9 Å². The van der Waals surface area contributed by atoms with E-state index in [1.807, 2.05) is 12.4 Å². The van der Waals surface area contributed by atoms with Gasteiger partial charge in [0.25, 0.3) is 0 Å². The van der Waals surface area contributed by atoms with Gasteiger partial charge in [0.2, 0.25) is 0 Å². The Morgan fingerprint density at radius 1 is 1.20 bits per heavy atom. The highest BCUT2D eigenvalue weighted by molar-refractivity contribution is 5.30. The van der Waals surface area contributed by atoms with Crippen LogP contribution in [0.4, 0.5) is 0 Å². The van der Waals surface area contributed by atoms with E-state index in [4.69, 9.17) is 4.74 Å². The van der Waals surface area contributed by atoms with Crippen molar-refractivity contribution in [3.63, 3.8) is 0 Å². The third-order valence-corrected chi connectivity index (χ3v) is 5.33. The zero-order valence-corrected chi connectivity index (χ0v) is 12.5. The van der Waals surface area contributed by atoms with Gasteiger partial charge in [0.15, 0.2) is 0 Å². The minimum atomic E-state index is 0.334. The Morgan fingerprint density at radius 2 is 1.90 bits per heavy atom. The molecule has 20 heavy (non-hydrogen) atoms. The van der Waals surface area contributed by atoms with Crippen LogP contribution in [0.5, 0.6) is 0 Å². The summed E-state index contributed by atoms with van der Waals surface area (Å²) < 4.78 is 5.13. The quantitative estimate of drug-likeness (QED) is 0.810. The monoisotopic (exact) mass is 274 g/mol. The molecule has 0 radical (unpaired) electrons. The predicted octanol–water partition coefficient (Wildman–Crippen LogP) is 2.91. The van der Waals surface area contributed by atoms with Gasteiger partial charge in [-0.25, -0.2) is 0 Å². The molecule has 1 aromatic heterocycles. The van der Waals surface area contributed by atoms with Gasteiger partial charge in [-0.15, -0.1) is 0 Å². The molecule has 3 rings (SSSR count). The molecule has 1 N–H and O–H groups in total. The number of hydrogen-bond acceptors (Lipinski definition) is 3. The summed E-state index contributed by atoms with van der Waals surface area (Å²) in [5.41, 5.74) is 2.46. The summed E-state index contributed by atoms with van der Waals surface area (Å²) in [7, 11) is 1.76. The third kappa shape index (κ3) is 2.61. The number of rotatable bonds is 6. The number of ether oxygens (including phenoxy) is 1. The van der Waals surface area contributed by atoms with Gasteiger partial charge in [0.1, 0.15) is 0 Å². The second-order valence-corrected chi connectivity index (χ2v) is 6.75. The lowest BCUT2D eigenvalue weighted by Crippen LogP contribution is -2.54. The third-order valence-electron chi connectivity index (χ3n) is 5.33. The molecule has 0 saturated heterocycles. The molecule has 2 aliphatic rings. The normalized spacial score (nSPS) is 22.9. The van der Waals surface area contributed by atoms with E-state index in [9.17, 15) is 0 Å². The van der Waals surface area contributed by atoms with Crippen LogP contribution in [0, 0.1) is 5.41 Å². The Bertz CT molecular complexity index is 418. The summed E-state index contributed by atoms with van der Waals surface area (Å²) in [6, 6.07) is 4.42. The van der Waals surface area contributed by atoms with E-state index in [1.54, 1.807) is 7.11 Å². The molecular formula is C17H26N2O. The van der Waals surface area contributed by atoms with Crippen LogP contribution in [0.25, 0.3) is 0 Å². The fourth-order valence-electron chi connectivity index (χ4n) is 4.50. The van der Waals surface area contributed by atoms with E-state index >= 15 is 0 Å². The number of pyridine rings is 1. The first-order valence-corrected chi connectivity index (χ1v) is 7.89. The summed E-state index contributed by atoms with van der Waals surface area (Å²) in [5, 5.41) is 3.59. The summed E-state index contributed by atoms with van der Waals surface area (Å²) in [4.78, 5) is 4.18. The lowest BCUT2D eigenvalue weighted by Gasteiger charge is -2.56. The summed E-state index contributed by atoms with van der Waals surface area (Å²) in [5.74, 6) is 0. The average Bonchev–Trinajstić information content (AvgIpc) is 2.93. The molecule has 1 heterocycles. The number of hydrogen-bond donors (Lipinski definition) is 1. The lowest BCUT2D eigenvalue weighted by molar-refractivity contribution is 0.0260. The van der Waals surface area contributed by atoms with E-state index in [2.05, 4.69) is 22.4 Å². The Balaban J connectivity index is 1.68. The smallest absolute Gasteiger partial charge is 0.0587 e. The highest BCUT2D eigenvalue weighted by Crippen LogP contribution is 2.62. The van der Waals surface area contributed by atoms with Gasteiger partial charge in [-0.2, -0.15) is 0 Å². The van der Waals surface area contributed by atoms with Gasteiger partial charge in [0, 0.05) is 38.0 Å². The maximum Gasteiger partial charge on any atom is 0.0587 e. The second kappa shape index (κ2) is 5.82.